The molecular weight excluding hydrogens is 220 g/mol. The van der Waals surface area contributed by atoms with E-state index in [1.807, 2.05) is 42.5 Å². The minimum atomic E-state index is -0.780. The molecule has 0 saturated carbocycles. The summed E-state index contributed by atoms with van der Waals surface area (Å²) in [5.41, 5.74) is 1.11. The summed E-state index contributed by atoms with van der Waals surface area (Å²) in [4.78, 5) is 0. The van der Waals surface area contributed by atoms with Crippen molar-refractivity contribution in [1.82, 2.24) is 0 Å². The first-order valence-electron chi connectivity index (χ1n) is 5.10. The van der Waals surface area contributed by atoms with Crippen molar-refractivity contribution in [3.8, 4) is 0 Å². The van der Waals surface area contributed by atoms with Gasteiger partial charge in [0.1, 0.15) is 10.5 Å². The molecule has 0 aliphatic heterocycles. The molecule has 4 heteroatoms. The zero-order valence-electron chi connectivity index (χ0n) is 9.97. The zero-order valence-corrected chi connectivity index (χ0v) is 12.0. The van der Waals surface area contributed by atoms with Gasteiger partial charge in [0.2, 0.25) is 5.79 Å². The van der Waals surface area contributed by atoms with Crippen molar-refractivity contribution in [2.45, 2.75) is 5.79 Å². The Morgan fingerprint density at radius 3 is 2.31 bits per heavy atom. The lowest BCUT2D eigenvalue weighted by molar-refractivity contribution is -0.186. The highest BCUT2D eigenvalue weighted by Crippen LogP contribution is 2.15. The number of benzene rings is 1. The first-order chi connectivity index (χ1) is 7.76. The average molecular weight is 238 g/mol. The highest BCUT2D eigenvalue weighted by molar-refractivity contribution is 5.98. The predicted octanol–water partition coefficient (Wildman–Crippen LogP) is 0.986. The van der Waals surface area contributed by atoms with Gasteiger partial charge >= 0.3 is 0 Å². The molecule has 0 unspecified atom stereocenters. The Labute approximate surface area is 99.6 Å². The molecule has 0 aliphatic carbocycles. The smallest absolute Gasteiger partial charge is 0.210 e. The Kier molecular flexibility index (Phi) is 5.41. The van der Waals surface area contributed by atoms with Crippen molar-refractivity contribution in [1.29, 1.82) is 0 Å². The first kappa shape index (κ1) is 13.1. The molecule has 0 amide bonds. The molecule has 0 aliphatic rings. The second-order valence-corrected chi connectivity index (χ2v) is 3.97. The topological polar surface area (TPSA) is 27.7 Å². The van der Waals surface area contributed by atoms with Gasteiger partial charge in [-0.1, -0.05) is 36.4 Å². The lowest BCUT2D eigenvalue weighted by atomic mass is 10.1. The molecule has 0 fully saturated rings. The molecule has 0 atom stereocenters. The fourth-order valence-corrected chi connectivity index (χ4v) is 1.78. The molecule has 1 aromatic carbocycles. The van der Waals surface area contributed by atoms with Crippen LogP contribution in [0.4, 0.5) is 0 Å². The summed E-state index contributed by atoms with van der Waals surface area (Å²) in [6.07, 6.45) is 3.84. The van der Waals surface area contributed by atoms with Crippen LogP contribution in [0.1, 0.15) is 5.56 Å². The third-order valence-corrected chi connectivity index (χ3v) is 2.65. The van der Waals surface area contributed by atoms with E-state index in [1.54, 1.807) is 14.2 Å². The minimum absolute atomic E-state index is 0.412. The monoisotopic (exact) mass is 238 g/mol. The van der Waals surface area contributed by atoms with Gasteiger partial charge in [-0.2, -0.15) is 0 Å². The Morgan fingerprint density at radius 2 is 1.81 bits per heavy atom. The molecule has 0 aromatic heterocycles. The van der Waals surface area contributed by atoms with Gasteiger partial charge in [-0.15, -0.1) is 0 Å². The fourth-order valence-electron chi connectivity index (χ4n) is 1.37. The summed E-state index contributed by atoms with van der Waals surface area (Å²) >= 11 is 0. The van der Waals surface area contributed by atoms with Crippen molar-refractivity contribution in [3.05, 3.63) is 42.0 Å². The Morgan fingerprint density at radius 1 is 1.19 bits per heavy atom. The summed E-state index contributed by atoms with van der Waals surface area (Å²) in [6, 6.07) is 10.0. The van der Waals surface area contributed by atoms with Crippen LogP contribution in [-0.4, -0.2) is 37.1 Å². The fraction of sp³-hybridized carbons (Fsp3) is 0.333. The molecule has 1 rings (SSSR count). The largest absolute Gasteiger partial charge is 0.422 e. The van der Waals surface area contributed by atoms with Crippen molar-refractivity contribution in [2.24, 2.45) is 0 Å². The third-order valence-electron chi connectivity index (χ3n) is 2.37. The van der Waals surface area contributed by atoms with E-state index in [2.05, 4.69) is 0 Å². The second-order valence-electron chi connectivity index (χ2n) is 3.40. The SMILES string of the molecule is COC(C=Cc1ccccc1)(CO[SiH3])OC. The number of hydrogen-bond acceptors (Lipinski definition) is 3. The first-order valence-corrected chi connectivity index (χ1v) is 5.91. The van der Waals surface area contributed by atoms with Crippen LogP contribution < -0.4 is 0 Å². The van der Waals surface area contributed by atoms with E-state index in [-0.39, 0.29) is 0 Å². The van der Waals surface area contributed by atoms with Crippen LogP contribution in [0.3, 0.4) is 0 Å². The van der Waals surface area contributed by atoms with Crippen LogP contribution in [0.15, 0.2) is 36.4 Å². The third kappa shape index (κ3) is 3.57. The van der Waals surface area contributed by atoms with Crippen LogP contribution in [0.2, 0.25) is 0 Å². The lowest BCUT2D eigenvalue weighted by Gasteiger charge is -2.26. The van der Waals surface area contributed by atoms with Crippen molar-refractivity contribution in [3.63, 3.8) is 0 Å². The molecule has 0 radical (unpaired) electrons. The van der Waals surface area contributed by atoms with Crippen molar-refractivity contribution < 1.29 is 13.9 Å². The quantitative estimate of drug-likeness (QED) is 0.546. The van der Waals surface area contributed by atoms with Gasteiger partial charge in [0.15, 0.2) is 0 Å². The van der Waals surface area contributed by atoms with Gasteiger partial charge < -0.3 is 13.9 Å². The van der Waals surface area contributed by atoms with Crippen molar-refractivity contribution >= 4 is 16.6 Å². The number of ether oxygens (including phenoxy) is 2. The number of methoxy groups -OCH3 is 2. The molecule has 0 N–H and O–H groups in total. The maximum atomic E-state index is 5.34. The molecular formula is C12H18O3Si. The van der Waals surface area contributed by atoms with Crippen LogP contribution >= 0.6 is 0 Å². The molecule has 88 valence electrons. The van der Waals surface area contributed by atoms with Gasteiger partial charge in [0.25, 0.3) is 0 Å². The Hall–Kier alpha value is -0.943. The normalized spacial score (nSPS) is 12.4. The van der Waals surface area contributed by atoms with Crippen molar-refractivity contribution in [2.75, 3.05) is 20.8 Å². The molecule has 0 bridgehead atoms. The maximum Gasteiger partial charge on any atom is 0.210 e. The number of hydrogen-bond donors (Lipinski definition) is 0. The molecule has 0 spiro atoms. The summed E-state index contributed by atoms with van der Waals surface area (Å²) in [7, 11) is 3.88. The van der Waals surface area contributed by atoms with Crippen LogP contribution in [0, 0.1) is 0 Å². The van der Waals surface area contributed by atoms with Gasteiger partial charge in [-0.3, -0.25) is 0 Å². The van der Waals surface area contributed by atoms with E-state index in [0.717, 1.165) is 5.56 Å². The summed E-state index contributed by atoms with van der Waals surface area (Å²) in [6.45, 7) is 0.412. The minimum Gasteiger partial charge on any atom is -0.422 e. The van der Waals surface area contributed by atoms with Gasteiger partial charge in [-0.05, 0) is 11.6 Å². The van der Waals surface area contributed by atoms with Crippen LogP contribution in [0.25, 0.3) is 6.08 Å². The van der Waals surface area contributed by atoms with Gasteiger partial charge in [0, 0.05) is 14.2 Å². The van der Waals surface area contributed by atoms with Gasteiger partial charge in [0.05, 0.1) is 6.61 Å². The molecule has 16 heavy (non-hydrogen) atoms. The summed E-state index contributed by atoms with van der Waals surface area (Å²) in [5.74, 6) is -0.780. The molecule has 0 heterocycles. The predicted molar refractivity (Wildman–Crippen MR) is 68.1 cm³/mol. The highest BCUT2D eigenvalue weighted by atomic mass is 28.2. The second kappa shape index (κ2) is 6.60. The Bertz CT molecular complexity index is 320. The maximum absolute atomic E-state index is 5.34. The van der Waals surface area contributed by atoms with Crippen LogP contribution in [0.5, 0.6) is 0 Å². The molecule has 0 saturated heterocycles. The number of rotatable bonds is 6. The van der Waals surface area contributed by atoms with E-state index < -0.39 is 5.79 Å². The average Bonchev–Trinajstić information content (AvgIpc) is 2.36. The highest BCUT2D eigenvalue weighted by Gasteiger charge is 2.25. The molecule has 3 nitrogen and oxygen atoms in total. The summed E-state index contributed by atoms with van der Waals surface area (Å²) in [5, 5.41) is 0. The van der Waals surface area contributed by atoms with E-state index in [9.17, 15) is 0 Å². The molecule has 1 aromatic rings. The standard InChI is InChI=1S/C12H18O3Si/c1-13-12(14-2,10-15-16)9-8-11-6-4-3-5-7-11/h3-9H,10H2,1-2,16H3. The van der Waals surface area contributed by atoms with Crippen LogP contribution in [-0.2, 0) is 13.9 Å². The Balaban J connectivity index is 2.79. The lowest BCUT2D eigenvalue weighted by Crippen LogP contribution is -2.36. The van der Waals surface area contributed by atoms with E-state index in [1.165, 1.54) is 0 Å². The van der Waals surface area contributed by atoms with E-state index in [0.29, 0.717) is 17.1 Å². The van der Waals surface area contributed by atoms with E-state index >= 15 is 0 Å². The van der Waals surface area contributed by atoms with Gasteiger partial charge in [-0.25, -0.2) is 0 Å². The summed E-state index contributed by atoms with van der Waals surface area (Å²) < 4.78 is 15.9. The zero-order chi connectivity index (χ0) is 11.9. The van der Waals surface area contributed by atoms with E-state index in [4.69, 9.17) is 13.9 Å².